The van der Waals surface area contributed by atoms with Gasteiger partial charge < -0.3 is 5.73 Å². The van der Waals surface area contributed by atoms with E-state index in [1.165, 1.54) is 18.4 Å². The minimum absolute atomic E-state index is 0.457. The van der Waals surface area contributed by atoms with Gasteiger partial charge >= 0.3 is 0 Å². The van der Waals surface area contributed by atoms with Crippen LogP contribution in [0.4, 0.5) is 5.69 Å². The molecule has 3 rings (SSSR count). The molecule has 2 heterocycles. The first-order valence-electron chi connectivity index (χ1n) is 7.39. The molecular weight excluding hydrogens is 317 g/mol. The number of nitrogens with zero attached hydrogens (tertiary/aromatic N) is 2. The Morgan fingerprint density at radius 2 is 2.05 bits per heavy atom. The molecule has 1 aliphatic rings. The third kappa shape index (κ3) is 2.81. The number of rotatable bonds is 2. The number of pyridine rings is 1. The molecule has 0 radical (unpaired) electrons. The number of likely N-dealkylation sites (tertiary alicyclic amines) is 1. The second-order valence-corrected chi connectivity index (χ2v) is 6.77. The third-order valence-electron chi connectivity index (χ3n) is 4.33. The number of hydrogen-bond donors (Lipinski definition) is 1. The van der Waals surface area contributed by atoms with Crippen LogP contribution >= 0.6 is 23.2 Å². The fraction of sp³-hybridized carbons (Fsp3) is 0.353. The van der Waals surface area contributed by atoms with Crippen LogP contribution in [0.1, 0.15) is 30.0 Å². The summed E-state index contributed by atoms with van der Waals surface area (Å²) in [5, 5.41) is 1.07. The van der Waals surface area contributed by atoms with E-state index in [-0.39, 0.29) is 0 Å². The Bertz CT molecular complexity index is 692. The van der Waals surface area contributed by atoms with Gasteiger partial charge in [-0.15, -0.1) is 0 Å². The number of nitrogens with two attached hydrogens (primary N) is 1. The van der Waals surface area contributed by atoms with E-state index in [1.54, 1.807) is 12.1 Å². The summed E-state index contributed by atoms with van der Waals surface area (Å²) in [6.45, 7) is 3.19. The molecule has 2 N–H and O–H groups in total. The molecule has 0 spiro atoms. The Hall–Kier alpha value is -1.29. The summed E-state index contributed by atoms with van der Waals surface area (Å²) in [7, 11) is 2.16. The van der Waals surface area contributed by atoms with Crippen molar-refractivity contribution in [3.05, 3.63) is 45.6 Å². The summed E-state index contributed by atoms with van der Waals surface area (Å²) >= 11 is 12.3. The zero-order valence-corrected chi connectivity index (χ0v) is 14.2. The zero-order valence-electron chi connectivity index (χ0n) is 12.7. The normalized spacial score (nSPS) is 18.8. The van der Waals surface area contributed by atoms with Gasteiger partial charge in [-0.05, 0) is 56.6 Å². The van der Waals surface area contributed by atoms with Crippen LogP contribution < -0.4 is 5.73 Å². The summed E-state index contributed by atoms with van der Waals surface area (Å²) in [6, 6.07) is 6.06. The van der Waals surface area contributed by atoms with E-state index in [4.69, 9.17) is 28.9 Å². The number of hydrogen-bond acceptors (Lipinski definition) is 3. The largest absolute Gasteiger partial charge is 0.398 e. The van der Waals surface area contributed by atoms with E-state index in [9.17, 15) is 0 Å². The van der Waals surface area contributed by atoms with Crippen molar-refractivity contribution in [1.29, 1.82) is 0 Å². The van der Waals surface area contributed by atoms with Crippen LogP contribution in [0.2, 0.25) is 10.0 Å². The van der Waals surface area contributed by atoms with E-state index in [0.717, 1.165) is 23.4 Å². The molecule has 1 fully saturated rings. The topological polar surface area (TPSA) is 42.2 Å². The first kappa shape index (κ1) is 15.6. The van der Waals surface area contributed by atoms with Crippen molar-refractivity contribution in [3.8, 4) is 11.3 Å². The highest BCUT2D eigenvalue weighted by atomic mass is 35.5. The summed E-state index contributed by atoms with van der Waals surface area (Å²) in [6.07, 6.45) is 4.36. The van der Waals surface area contributed by atoms with Gasteiger partial charge in [0.05, 0.1) is 10.7 Å². The smallest absolute Gasteiger partial charge is 0.0767 e. The molecule has 22 heavy (non-hydrogen) atoms. The van der Waals surface area contributed by atoms with Crippen molar-refractivity contribution in [2.45, 2.75) is 25.8 Å². The van der Waals surface area contributed by atoms with Gasteiger partial charge in [0.25, 0.3) is 0 Å². The van der Waals surface area contributed by atoms with Gasteiger partial charge in [-0.25, -0.2) is 0 Å². The molecule has 116 valence electrons. The fourth-order valence-corrected chi connectivity index (χ4v) is 3.81. The number of halogens is 2. The molecule has 1 aliphatic heterocycles. The number of aromatic nitrogens is 1. The predicted molar refractivity (Wildman–Crippen MR) is 93.4 cm³/mol. The predicted octanol–water partition coefficient (Wildman–Crippen LogP) is 4.71. The van der Waals surface area contributed by atoms with Gasteiger partial charge in [-0.2, -0.15) is 0 Å². The average Bonchev–Trinajstić information content (AvgIpc) is 2.85. The Kier molecular flexibility index (Phi) is 4.31. The van der Waals surface area contributed by atoms with Crippen LogP contribution in [-0.4, -0.2) is 23.5 Å². The van der Waals surface area contributed by atoms with Gasteiger partial charge in [-0.1, -0.05) is 29.3 Å². The fourth-order valence-electron chi connectivity index (χ4n) is 3.22. The molecule has 1 aromatic carbocycles. The maximum Gasteiger partial charge on any atom is 0.0767 e. The molecule has 0 amide bonds. The van der Waals surface area contributed by atoms with Crippen LogP contribution in [-0.2, 0) is 0 Å². The van der Waals surface area contributed by atoms with Gasteiger partial charge in [-0.3, -0.25) is 9.88 Å². The lowest BCUT2D eigenvalue weighted by Crippen LogP contribution is -2.17. The van der Waals surface area contributed by atoms with E-state index in [1.807, 2.05) is 13.1 Å². The molecule has 1 saturated heterocycles. The van der Waals surface area contributed by atoms with E-state index < -0.39 is 0 Å². The van der Waals surface area contributed by atoms with Gasteiger partial charge in [0.1, 0.15) is 0 Å². The Morgan fingerprint density at radius 3 is 2.64 bits per heavy atom. The molecule has 1 unspecified atom stereocenters. The molecule has 0 bridgehead atoms. The monoisotopic (exact) mass is 335 g/mol. The highest BCUT2D eigenvalue weighted by molar-refractivity contribution is 6.37. The van der Waals surface area contributed by atoms with E-state index >= 15 is 0 Å². The van der Waals surface area contributed by atoms with Crippen molar-refractivity contribution in [2.75, 3.05) is 19.3 Å². The van der Waals surface area contributed by atoms with Crippen LogP contribution in [0.25, 0.3) is 11.3 Å². The standard InChI is InChI=1S/C17H19Cl2N3/c1-10-6-11(15-4-3-5-22(15)2)9-21-17(10)16-13(19)7-12(18)8-14(16)20/h6-9,15H,3-5,20H2,1-2H3. The van der Waals surface area contributed by atoms with Crippen molar-refractivity contribution in [3.63, 3.8) is 0 Å². The molecule has 2 aromatic rings. The minimum Gasteiger partial charge on any atom is -0.398 e. The summed E-state index contributed by atoms with van der Waals surface area (Å²) in [5.41, 5.74) is 10.6. The molecular formula is C17H19Cl2N3. The molecule has 1 atom stereocenters. The van der Waals surface area contributed by atoms with Crippen LogP contribution in [0.3, 0.4) is 0 Å². The van der Waals surface area contributed by atoms with Crippen molar-refractivity contribution in [2.24, 2.45) is 0 Å². The summed E-state index contributed by atoms with van der Waals surface area (Å²) in [4.78, 5) is 7.02. The first-order chi connectivity index (χ1) is 10.5. The lowest BCUT2D eigenvalue weighted by atomic mass is 10.00. The van der Waals surface area contributed by atoms with Gasteiger partial charge in [0, 0.05) is 28.5 Å². The third-order valence-corrected chi connectivity index (χ3v) is 4.84. The SMILES string of the molecule is Cc1cc(C2CCCN2C)cnc1-c1c(N)cc(Cl)cc1Cl. The van der Waals surface area contributed by atoms with E-state index in [0.29, 0.717) is 21.8 Å². The maximum atomic E-state index is 6.32. The van der Waals surface area contributed by atoms with Crippen LogP contribution in [0.5, 0.6) is 0 Å². The Balaban J connectivity index is 2.03. The highest BCUT2D eigenvalue weighted by Gasteiger charge is 2.23. The van der Waals surface area contributed by atoms with Gasteiger partial charge in [0.15, 0.2) is 0 Å². The average molecular weight is 336 g/mol. The van der Waals surface area contributed by atoms with Crippen LogP contribution in [0, 0.1) is 6.92 Å². The van der Waals surface area contributed by atoms with E-state index in [2.05, 4.69) is 23.0 Å². The molecule has 0 saturated carbocycles. The lowest BCUT2D eigenvalue weighted by molar-refractivity contribution is 0.317. The maximum absolute atomic E-state index is 6.32. The highest BCUT2D eigenvalue weighted by Crippen LogP contribution is 2.38. The number of anilines is 1. The lowest BCUT2D eigenvalue weighted by Gasteiger charge is -2.21. The number of aryl methyl sites for hydroxylation is 1. The molecule has 1 aromatic heterocycles. The Labute approximate surface area is 141 Å². The minimum atomic E-state index is 0.457. The second kappa shape index (κ2) is 6.07. The van der Waals surface area contributed by atoms with Crippen molar-refractivity contribution in [1.82, 2.24) is 9.88 Å². The molecule has 0 aliphatic carbocycles. The number of benzene rings is 1. The summed E-state index contributed by atoms with van der Waals surface area (Å²) in [5.74, 6) is 0. The van der Waals surface area contributed by atoms with Crippen molar-refractivity contribution < 1.29 is 0 Å². The first-order valence-corrected chi connectivity index (χ1v) is 8.14. The zero-order chi connectivity index (χ0) is 15.9. The van der Waals surface area contributed by atoms with Crippen molar-refractivity contribution >= 4 is 28.9 Å². The molecule has 5 heteroatoms. The molecule has 3 nitrogen and oxygen atoms in total. The summed E-state index contributed by atoms with van der Waals surface area (Å²) < 4.78 is 0. The quantitative estimate of drug-likeness (QED) is 0.808. The van der Waals surface area contributed by atoms with Crippen LogP contribution in [0.15, 0.2) is 24.4 Å². The number of nitrogen functional groups attached to an aromatic ring is 1. The van der Waals surface area contributed by atoms with Gasteiger partial charge in [0.2, 0.25) is 0 Å². The second-order valence-electron chi connectivity index (χ2n) is 5.92. The Morgan fingerprint density at radius 1 is 1.27 bits per heavy atom.